The van der Waals surface area contributed by atoms with Crippen LogP contribution in [0.2, 0.25) is 0 Å². The van der Waals surface area contributed by atoms with E-state index in [1.807, 2.05) is 0 Å². The minimum atomic E-state index is -3.69. The zero-order chi connectivity index (χ0) is 16.4. The molecule has 9 heteroatoms. The number of primary sulfonamides is 1. The third-order valence-corrected chi connectivity index (χ3v) is 3.84. The molecule has 2 N–H and O–H groups in total. The molecule has 7 nitrogen and oxygen atoms in total. The van der Waals surface area contributed by atoms with Gasteiger partial charge in [0.25, 0.3) is 5.69 Å². The van der Waals surface area contributed by atoms with Gasteiger partial charge in [-0.3, -0.25) is 10.1 Å². The van der Waals surface area contributed by atoms with Crippen molar-refractivity contribution >= 4 is 15.7 Å². The third kappa shape index (κ3) is 5.27. The van der Waals surface area contributed by atoms with Gasteiger partial charge in [0.1, 0.15) is 0 Å². The number of ether oxygens (including phenoxy) is 1. The first-order valence-electron chi connectivity index (χ1n) is 5.99. The van der Waals surface area contributed by atoms with Crippen molar-refractivity contribution in [3.63, 3.8) is 0 Å². The number of halogens is 1. The predicted molar refractivity (Wildman–Crippen MR) is 75.0 cm³/mol. The first-order valence-corrected chi connectivity index (χ1v) is 7.71. The fourth-order valence-corrected chi connectivity index (χ4v) is 2.98. The number of nitro groups is 1. The zero-order valence-corrected chi connectivity index (χ0v) is 12.7. The number of rotatable bonds is 6. The Morgan fingerprint density at radius 2 is 2.00 bits per heavy atom. The van der Waals surface area contributed by atoms with Gasteiger partial charge in [0.05, 0.1) is 23.3 Å². The van der Waals surface area contributed by atoms with Gasteiger partial charge in [-0.2, -0.15) is 0 Å². The average molecular weight is 320 g/mol. The van der Waals surface area contributed by atoms with Gasteiger partial charge in [-0.25, -0.2) is 17.9 Å². The van der Waals surface area contributed by atoms with Crippen LogP contribution in [0.1, 0.15) is 19.4 Å². The van der Waals surface area contributed by atoms with E-state index in [1.165, 1.54) is 13.0 Å². The van der Waals surface area contributed by atoms with Gasteiger partial charge in [-0.05, 0) is 13.0 Å². The normalized spacial score (nSPS) is 12.2. The van der Waals surface area contributed by atoms with E-state index in [1.54, 1.807) is 13.8 Å². The number of nitrogens with zero attached hydrogens (tertiary/aromatic N) is 1. The summed E-state index contributed by atoms with van der Waals surface area (Å²) < 4.78 is 41.1. The lowest BCUT2D eigenvalue weighted by molar-refractivity contribution is -0.385. The van der Waals surface area contributed by atoms with Gasteiger partial charge in [0, 0.05) is 11.0 Å². The SMILES string of the molecule is Cc1cc(OCC(C)(C)CS(N)(=O)=O)c(F)cc1[N+](=O)[O-]. The summed E-state index contributed by atoms with van der Waals surface area (Å²) in [6, 6.07) is 1.98. The molecule has 1 aromatic rings. The molecule has 0 unspecified atom stereocenters. The Bertz CT molecular complexity index is 658. The Kier molecular flexibility index (Phi) is 4.90. The summed E-state index contributed by atoms with van der Waals surface area (Å²) in [5.74, 6) is -1.37. The molecule has 0 fully saturated rings. The molecule has 0 saturated carbocycles. The highest BCUT2D eigenvalue weighted by Gasteiger charge is 2.26. The second-order valence-corrected chi connectivity index (χ2v) is 7.20. The Balaban J connectivity index is 2.90. The maximum atomic E-state index is 13.7. The molecule has 0 aliphatic heterocycles. The van der Waals surface area contributed by atoms with Gasteiger partial charge in [0.2, 0.25) is 10.0 Å². The quantitative estimate of drug-likeness (QED) is 0.633. The van der Waals surface area contributed by atoms with Gasteiger partial charge >= 0.3 is 0 Å². The minimum absolute atomic E-state index is 0.0996. The molecular weight excluding hydrogens is 303 g/mol. The summed E-state index contributed by atoms with van der Waals surface area (Å²) in [5, 5.41) is 15.6. The molecule has 0 spiro atoms. The molecule has 1 aromatic carbocycles. The molecule has 0 saturated heterocycles. The van der Waals surface area contributed by atoms with Crippen LogP contribution in [0.4, 0.5) is 10.1 Å². The van der Waals surface area contributed by atoms with Crippen LogP contribution < -0.4 is 9.88 Å². The van der Waals surface area contributed by atoms with Crippen molar-refractivity contribution in [3.8, 4) is 5.75 Å². The van der Waals surface area contributed by atoms with E-state index in [-0.39, 0.29) is 29.4 Å². The van der Waals surface area contributed by atoms with Crippen LogP contribution in [0.5, 0.6) is 5.75 Å². The van der Waals surface area contributed by atoms with Crippen molar-refractivity contribution in [2.24, 2.45) is 10.6 Å². The fraction of sp³-hybridized carbons (Fsp3) is 0.500. The van der Waals surface area contributed by atoms with Crippen LogP contribution in [0, 0.1) is 28.3 Å². The van der Waals surface area contributed by atoms with E-state index in [0.717, 1.165) is 6.07 Å². The molecule has 0 aliphatic carbocycles. The smallest absolute Gasteiger partial charge is 0.275 e. The van der Waals surface area contributed by atoms with Crippen molar-refractivity contribution in [1.29, 1.82) is 0 Å². The molecule has 0 aromatic heterocycles. The topological polar surface area (TPSA) is 113 Å². The van der Waals surface area contributed by atoms with Crippen molar-refractivity contribution in [2.45, 2.75) is 20.8 Å². The van der Waals surface area contributed by atoms with Crippen molar-refractivity contribution in [1.82, 2.24) is 0 Å². The van der Waals surface area contributed by atoms with E-state index in [0.29, 0.717) is 0 Å². The van der Waals surface area contributed by atoms with Crippen LogP contribution in [0.25, 0.3) is 0 Å². The highest BCUT2D eigenvalue weighted by Crippen LogP contribution is 2.28. The van der Waals surface area contributed by atoms with Crippen molar-refractivity contribution < 1.29 is 22.5 Å². The van der Waals surface area contributed by atoms with Gasteiger partial charge in [0.15, 0.2) is 11.6 Å². The van der Waals surface area contributed by atoms with Crippen LogP contribution in [-0.2, 0) is 10.0 Å². The number of nitrogens with two attached hydrogens (primary N) is 1. The van der Waals surface area contributed by atoms with Crippen LogP contribution >= 0.6 is 0 Å². The second kappa shape index (κ2) is 5.94. The maximum Gasteiger partial charge on any atom is 0.275 e. The Morgan fingerprint density at radius 3 is 2.48 bits per heavy atom. The first kappa shape index (κ1) is 17.3. The van der Waals surface area contributed by atoms with Gasteiger partial charge in [-0.1, -0.05) is 13.8 Å². The van der Waals surface area contributed by atoms with E-state index in [4.69, 9.17) is 9.88 Å². The first-order chi connectivity index (χ1) is 9.41. The molecule has 0 amide bonds. The standard InChI is InChI=1S/C12H17FN2O5S/c1-8-4-11(9(13)5-10(8)15(16)17)20-6-12(2,3)7-21(14,18)19/h4-5H,6-7H2,1-3H3,(H2,14,18,19). The molecule has 118 valence electrons. The molecule has 0 bridgehead atoms. The van der Waals surface area contributed by atoms with Gasteiger partial charge < -0.3 is 4.74 Å². The predicted octanol–water partition coefficient (Wildman–Crippen LogP) is 1.74. The average Bonchev–Trinajstić information content (AvgIpc) is 2.26. The zero-order valence-electron chi connectivity index (χ0n) is 11.9. The van der Waals surface area contributed by atoms with E-state index in [2.05, 4.69) is 0 Å². The number of aryl methyl sites for hydroxylation is 1. The summed E-state index contributed by atoms with van der Waals surface area (Å²) >= 11 is 0. The van der Waals surface area contributed by atoms with Gasteiger partial charge in [-0.15, -0.1) is 0 Å². The molecule has 0 aliphatic rings. The van der Waals surface area contributed by atoms with Crippen LogP contribution in [0.15, 0.2) is 12.1 Å². The molecule has 0 atom stereocenters. The minimum Gasteiger partial charge on any atom is -0.490 e. The largest absolute Gasteiger partial charge is 0.490 e. The van der Waals surface area contributed by atoms with E-state index >= 15 is 0 Å². The van der Waals surface area contributed by atoms with Crippen molar-refractivity contribution in [3.05, 3.63) is 33.6 Å². The molecule has 0 heterocycles. The number of sulfonamides is 1. The lowest BCUT2D eigenvalue weighted by atomic mass is 9.98. The molecule has 0 radical (unpaired) electrons. The maximum absolute atomic E-state index is 13.7. The summed E-state index contributed by atoms with van der Waals surface area (Å²) in [4.78, 5) is 9.99. The highest BCUT2D eigenvalue weighted by molar-refractivity contribution is 7.89. The molecule has 21 heavy (non-hydrogen) atoms. The Hall–Kier alpha value is -1.74. The monoisotopic (exact) mass is 320 g/mol. The van der Waals surface area contributed by atoms with Crippen LogP contribution in [0.3, 0.4) is 0 Å². The fourth-order valence-electron chi connectivity index (χ4n) is 1.81. The Labute approximate surface area is 122 Å². The number of hydrogen-bond acceptors (Lipinski definition) is 5. The summed E-state index contributed by atoms with van der Waals surface area (Å²) in [5.41, 5.74) is -0.917. The molecular formula is C12H17FN2O5S. The van der Waals surface area contributed by atoms with Crippen LogP contribution in [-0.4, -0.2) is 25.7 Å². The number of hydrogen-bond donors (Lipinski definition) is 1. The third-order valence-electron chi connectivity index (χ3n) is 2.66. The lowest BCUT2D eigenvalue weighted by Gasteiger charge is -2.23. The van der Waals surface area contributed by atoms with E-state index < -0.39 is 26.2 Å². The van der Waals surface area contributed by atoms with Crippen molar-refractivity contribution in [2.75, 3.05) is 12.4 Å². The molecule has 1 rings (SSSR count). The highest BCUT2D eigenvalue weighted by atomic mass is 32.2. The van der Waals surface area contributed by atoms with E-state index in [9.17, 15) is 22.9 Å². The Morgan fingerprint density at radius 1 is 1.43 bits per heavy atom. The number of nitro benzene ring substituents is 1. The summed E-state index contributed by atoms with van der Waals surface area (Å²) in [7, 11) is -3.69. The lowest BCUT2D eigenvalue weighted by Crippen LogP contribution is -2.33. The number of benzene rings is 1. The summed E-state index contributed by atoms with van der Waals surface area (Å²) in [6.45, 7) is 4.57. The summed E-state index contributed by atoms with van der Waals surface area (Å²) in [6.07, 6.45) is 0. The second-order valence-electron chi connectivity index (χ2n) is 5.59.